The maximum Gasteiger partial charge on any atom is 0.242 e. The Morgan fingerprint density at radius 1 is 1.06 bits per heavy atom. The van der Waals surface area contributed by atoms with E-state index in [1.807, 2.05) is 0 Å². The van der Waals surface area contributed by atoms with Gasteiger partial charge in [0.15, 0.2) is 0 Å². The Hall–Kier alpha value is -0.610. The highest BCUT2D eigenvalue weighted by atomic mass is 16.2. The van der Waals surface area contributed by atoms with Crippen LogP contribution in [0, 0.1) is 0 Å². The second kappa shape index (κ2) is 4.82. The van der Waals surface area contributed by atoms with Crippen LogP contribution in [0.3, 0.4) is 0 Å². The van der Waals surface area contributed by atoms with Gasteiger partial charge in [-0.05, 0) is 25.7 Å². The van der Waals surface area contributed by atoms with Crippen molar-refractivity contribution in [1.82, 2.24) is 10.2 Å². The number of hydrogen-bond donors (Lipinski definition) is 2. The molecule has 1 aliphatic carbocycles. The van der Waals surface area contributed by atoms with Crippen molar-refractivity contribution in [2.24, 2.45) is 5.73 Å². The lowest BCUT2D eigenvalue weighted by atomic mass is 9.81. The summed E-state index contributed by atoms with van der Waals surface area (Å²) < 4.78 is 0. The Balaban J connectivity index is 1.68. The van der Waals surface area contributed by atoms with Crippen LogP contribution in [-0.2, 0) is 4.79 Å². The smallest absolute Gasteiger partial charge is 0.242 e. The standard InChI is InChI=1S/C14H25N3O/c15-14(7-2-1-3-8-14)13(18)17-9-11-5-4-6-12(10-17)16-11/h11-12,16H,1-10,15H2. The summed E-state index contributed by atoms with van der Waals surface area (Å²) in [6.45, 7) is 1.74. The van der Waals surface area contributed by atoms with E-state index in [9.17, 15) is 4.79 Å². The minimum absolute atomic E-state index is 0.223. The summed E-state index contributed by atoms with van der Waals surface area (Å²) in [6.07, 6.45) is 8.94. The van der Waals surface area contributed by atoms with Crippen molar-refractivity contribution in [3.05, 3.63) is 0 Å². The fourth-order valence-electron chi connectivity index (χ4n) is 3.88. The molecule has 0 aromatic carbocycles. The highest BCUT2D eigenvalue weighted by Crippen LogP contribution is 2.29. The third kappa shape index (κ3) is 2.28. The molecule has 3 aliphatic rings. The molecule has 1 saturated carbocycles. The predicted octanol–water partition coefficient (Wildman–Crippen LogP) is 1.00. The van der Waals surface area contributed by atoms with Crippen LogP contribution < -0.4 is 11.1 Å². The molecule has 4 nitrogen and oxygen atoms in total. The number of piperazine rings is 1. The molecule has 3 N–H and O–H groups in total. The zero-order chi connectivity index (χ0) is 12.6. The average Bonchev–Trinajstić information content (AvgIpc) is 2.38. The minimum Gasteiger partial charge on any atom is -0.338 e. The van der Waals surface area contributed by atoms with Crippen LogP contribution in [0.25, 0.3) is 0 Å². The molecule has 2 atom stereocenters. The largest absolute Gasteiger partial charge is 0.338 e. The van der Waals surface area contributed by atoms with E-state index >= 15 is 0 Å². The molecule has 2 bridgehead atoms. The van der Waals surface area contributed by atoms with Crippen LogP contribution >= 0.6 is 0 Å². The van der Waals surface area contributed by atoms with Gasteiger partial charge >= 0.3 is 0 Å². The van der Waals surface area contributed by atoms with Crippen LogP contribution in [0.2, 0.25) is 0 Å². The van der Waals surface area contributed by atoms with Crippen LogP contribution in [0.15, 0.2) is 0 Å². The Kier molecular flexibility index (Phi) is 3.32. The topological polar surface area (TPSA) is 58.4 Å². The summed E-state index contributed by atoms with van der Waals surface area (Å²) in [7, 11) is 0. The van der Waals surface area contributed by atoms with Crippen molar-refractivity contribution in [1.29, 1.82) is 0 Å². The summed E-state index contributed by atoms with van der Waals surface area (Å²) in [5.41, 5.74) is 5.82. The van der Waals surface area contributed by atoms with Crippen LogP contribution in [0.4, 0.5) is 0 Å². The first-order valence-electron chi connectivity index (χ1n) is 7.52. The number of amides is 1. The lowest BCUT2D eigenvalue weighted by Crippen LogP contribution is -2.65. The number of hydrogen-bond acceptors (Lipinski definition) is 3. The van der Waals surface area contributed by atoms with Gasteiger partial charge in [-0.25, -0.2) is 0 Å². The molecule has 2 heterocycles. The molecule has 2 aliphatic heterocycles. The van der Waals surface area contributed by atoms with E-state index in [0.29, 0.717) is 12.1 Å². The molecule has 0 aromatic heterocycles. The Bertz CT molecular complexity index is 313. The van der Waals surface area contributed by atoms with E-state index in [-0.39, 0.29) is 5.91 Å². The molecule has 2 saturated heterocycles. The second-order valence-corrected chi connectivity index (χ2v) is 6.42. The van der Waals surface area contributed by atoms with Gasteiger partial charge in [-0.15, -0.1) is 0 Å². The number of carbonyl (C=O) groups is 1. The van der Waals surface area contributed by atoms with Crippen LogP contribution in [0.5, 0.6) is 0 Å². The number of likely N-dealkylation sites (tertiary alicyclic amines) is 1. The monoisotopic (exact) mass is 251 g/mol. The van der Waals surface area contributed by atoms with Gasteiger partial charge in [-0.2, -0.15) is 0 Å². The predicted molar refractivity (Wildman–Crippen MR) is 71.1 cm³/mol. The molecule has 3 fully saturated rings. The number of rotatable bonds is 1. The maximum atomic E-state index is 12.7. The lowest BCUT2D eigenvalue weighted by molar-refractivity contribution is -0.140. The lowest BCUT2D eigenvalue weighted by Gasteiger charge is -2.45. The van der Waals surface area contributed by atoms with Crippen molar-refractivity contribution < 1.29 is 4.79 Å². The summed E-state index contributed by atoms with van der Waals surface area (Å²) in [5, 5.41) is 3.62. The van der Waals surface area contributed by atoms with Crippen molar-refractivity contribution >= 4 is 5.91 Å². The summed E-state index contributed by atoms with van der Waals surface area (Å²) in [5.74, 6) is 0.223. The van der Waals surface area contributed by atoms with Gasteiger partial charge in [0.05, 0.1) is 5.54 Å². The number of piperidine rings is 1. The normalized spacial score (nSPS) is 35.3. The van der Waals surface area contributed by atoms with E-state index in [0.717, 1.165) is 38.8 Å². The fourth-order valence-corrected chi connectivity index (χ4v) is 3.88. The molecule has 4 heteroatoms. The van der Waals surface area contributed by atoms with Gasteiger partial charge in [0, 0.05) is 25.2 Å². The highest BCUT2D eigenvalue weighted by Gasteiger charge is 2.41. The van der Waals surface area contributed by atoms with Gasteiger partial charge < -0.3 is 16.0 Å². The first-order chi connectivity index (χ1) is 8.67. The van der Waals surface area contributed by atoms with Gasteiger partial charge in [0.1, 0.15) is 0 Å². The molecule has 0 radical (unpaired) electrons. The first kappa shape index (κ1) is 12.4. The molecule has 1 amide bonds. The van der Waals surface area contributed by atoms with Crippen molar-refractivity contribution in [3.63, 3.8) is 0 Å². The summed E-state index contributed by atoms with van der Waals surface area (Å²) in [6, 6.07) is 1.02. The molecule has 0 spiro atoms. The van der Waals surface area contributed by atoms with E-state index < -0.39 is 5.54 Å². The number of nitrogens with one attached hydrogen (secondary N) is 1. The van der Waals surface area contributed by atoms with Gasteiger partial charge in [0.25, 0.3) is 0 Å². The van der Waals surface area contributed by atoms with Crippen molar-refractivity contribution in [2.75, 3.05) is 13.1 Å². The fraction of sp³-hybridized carbons (Fsp3) is 0.929. The molecule has 0 aromatic rings. The first-order valence-corrected chi connectivity index (χ1v) is 7.52. The maximum absolute atomic E-state index is 12.7. The molecular weight excluding hydrogens is 226 g/mol. The van der Waals surface area contributed by atoms with E-state index in [1.54, 1.807) is 0 Å². The molecule has 102 valence electrons. The second-order valence-electron chi connectivity index (χ2n) is 6.42. The summed E-state index contributed by atoms with van der Waals surface area (Å²) >= 11 is 0. The summed E-state index contributed by atoms with van der Waals surface area (Å²) in [4.78, 5) is 14.7. The molecule has 18 heavy (non-hydrogen) atoms. The SMILES string of the molecule is NC1(C(=O)N2CC3CCCC(C2)N3)CCCCC1. The zero-order valence-electron chi connectivity index (χ0n) is 11.2. The quantitative estimate of drug-likeness (QED) is 0.731. The molecule has 3 rings (SSSR count). The van der Waals surface area contributed by atoms with Gasteiger partial charge in [-0.1, -0.05) is 25.7 Å². The van der Waals surface area contributed by atoms with Crippen LogP contribution in [0.1, 0.15) is 51.4 Å². The Labute approximate surface area is 109 Å². The zero-order valence-corrected chi connectivity index (χ0v) is 11.2. The minimum atomic E-state index is -0.552. The van der Waals surface area contributed by atoms with Crippen molar-refractivity contribution in [3.8, 4) is 0 Å². The number of nitrogens with two attached hydrogens (primary N) is 1. The van der Waals surface area contributed by atoms with Gasteiger partial charge in [-0.3, -0.25) is 4.79 Å². The Morgan fingerprint density at radius 2 is 1.67 bits per heavy atom. The molecule has 2 unspecified atom stereocenters. The van der Waals surface area contributed by atoms with E-state index in [2.05, 4.69) is 10.2 Å². The average molecular weight is 251 g/mol. The molecular formula is C14H25N3O. The number of nitrogens with zero attached hydrogens (tertiary/aromatic N) is 1. The van der Waals surface area contributed by atoms with E-state index in [4.69, 9.17) is 5.73 Å². The number of carbonyl (C=O) groups excluding carboxylic acids is 1. The third-order valence-corrected chi connectivity index (χ3v) is 4.92. The highest BCUT2D eigenvalue weighted by molar-refractivity contribution is 5.86. The van der Waals surface area contributed by atoms with Gasteiger partial charge in [0.2, 0.25) is 5.91 Å². The van der Waals surface area contributed by atoms with E-state index in [1.165, 1.54) is 25.7 Å². The Morgan fingerprint density at radius 3 is 2.28 bits per heavy atom. The third-order valence-electron chi connectivity index (χ3n) is 4.92. The van der Waals surface area contributed by atoms with Crippen molar-refractivity contribution in [2.45, 2.75) is 69.0 Å². The number of fused-ring (bicyclic) bond motifs is 2. The van der Waals surface area contributed by atoms with Crippen LogP contribution in [-0.4, -0.2) is 41.5 Å².